The lowest BCUT2D eigenvalue weighted by molar-refractivity contribution is -0.138. The van der Waals surface area contributed by atoms with Crippen LogP contribution in [0.3, 0.4) is 0 Å². The molecule has 1 aromatic carbocycles. The number of methoxy groups -OCH3 is 1. The molecule has 6 heteroatoms. The molecular weight excluding hydrogens is 291 g/mol. The van der Waals surface area contributed by atoms with E-state index in [1.54, 1.807) is 0 Å². The molecule has 2 rings (SSSR count). The summed E-state index contributed by atoms with van der Waals surface area (Å²) in [6.07, 6.45) is -2.21. The molecule has 0 aromatic heterocycles. The molecule has 0 bridgehead atoms. The standard InChI is InChI=1S/C14H17ClF3NO/c1-20-13-8-11(14(16,17)18)10(7-12(13)15)6-9-2-4-19-5-3-9/h7-9,19H,2-6H2,1H3. The van der Waals surface area contributed by atoms with Crippen molar-refractivity contribution < 1.29 is 17.9 Å². The Kier molecular flexibility index (Phi) is 4.81. The molecule has 0 spiro atoms. The van der Waals surface area contributed by atoms with Gasteiger partial charge in [-0.15, -0.1) is 0 Å². The van der Waals surface area contributed by atoms with E-state index >= 15 is 0 Å². The smallest absolute Gasteiger partial charge is 0.416 e. The summed E-state index contributed by atoms with van der Waals surface area (Å²) in [5.74, 6) is 0.329. The van der Waals surface area contributed by atoms with Crippen LogP contribution in [0.25, 0.3) is 0 Å². The quantitative estimate of drug-likeness (QED) is 0.914. The molecule has 20 heavy (non-hydrogen) atoms. The average Bonchev–Trinajstić information content (AvgIpc) is 2.38. The maximum Gasteiger partial charge on any atom is 0.416 e. The van der Waals surface area contributed by atoms with Gasteiger partial charge in [0.25, 0.3) is 0 Å². The van der Waals surface area contributed by atoms with E-state index in [1.165, 1.54) is 13.2 Å². The van der Waals surface area contributed by atoms with Crippen molar-refractivity contribution in [3.63, 3.8) is 0 Å². The van der Waals surface area contributed by atoms with Gasteiger partial charge in [-0.25, -0.2) is 0 Å². The average molecular weight is 308 g/mol. The summed E-state index contributed by atoms with van der Waals surface area (Å²) < 4.78 is 44.3. The van der Waals surface area contributed by atoms with Gasteiger partial charge < -0.3 is 10.1 Å². The molecule has 0 unspecified atom stereocenters. The summed E-state index contributed by atoms with van der Waals surface area (Å²) in [5.41, 5.74) is -0.382. The molecule has 1 heterocycles. The third-order valence-electron chi connectivity index (χ3n) is 3.65. The number of hydrogen-bond donors (Lipinski definition) is 1. The molecular formula is C14H17ClF3NO. The van der Waals surface area contributed by atoms with Gasteiger partial charge in [-0.2, -0.15) is 13.2 Å². The van der Waals surface area contributed by atoms with Gasteiger partial charge >= 0.3 is 6.18 Å². The first-order chi connectivity index (χ1) is 9.41. The van der Waals surface area contributed by atoms with E-state index in [9.17, 15) is 13.2 Å². The summed E-state index contributed by atoms with van der Waals surface area (Å²) >= 11 is 5.96. The van der Waals surface area contributed by atoms with Gasteiger partial charge in [0.2, 0.25) is 0 Å². The lowest BCUT2D eigenvalue weighted by atomic mass is 9.89. The Morgan fingerprint density at radius 1 is 1.30 bits per heavy atom. The summed E-state index contributed by atoms with van der Waals surface area (Å²) in [6.45, 7) is 1.71. The Morgan fingerprint density at radius 3 is 2.50 bits per heavy atom. The van der Waals surface area contributed by atoms with Gasteiger partial charge in [-0.05, 0) is 56.0 Å². The monoisotopic (exact) mass is 307 g/mol. The topological polar surface area (TPSA) is 21.3 Å². The van der Waals surface area contributed by atoms with Gasteiger partial charge in [0.1, 0.15) is 5.75 Å². The Balaban J connectivity index is 2.32. The number of nitrogens with one attached hydrogen (secondary N) is 1. The third-order valence-corrected chi connectivity index (χ3v) is 3.95. The zero-order chi connectivity index (χ0) is 14.8. The highest BCUT2D eigenvalue weighted by Crippen LogP contribution is 2.39. The minimum atomic E-state index is -4.39. The minimum Gasteiger partial charge on any atom is -0.495 e. The van der Waals surface area contributed by atoms with Crippen LogP contribution in [0, 0.1) is 5.92 Å². The first-order valence-corrected chi connectivity index (χ1v) is 6.94. The van der Waals surface area contributed by atoms with Crippen LogP contribution in [0.4, 0.5) is 13.2 Å². The van der Waals surface area contributed by atoms with E-state index in [4.69, 9.17) is 16.3 Å². The number of benzene rings is 1. The Morgan fingerprint density at radius 2 is 1.95 bits per heavy atom. The first kappa shape index (κ1) is 15.4. The summed E-state index contributed by atoms with van der Waals surface area (Å²) in [5, 5.41) is 3.43. The Hall–Kier alpha value is -0.940. The second-order valence-electron chi connectivity index (χ2n) is 5.04. The predicted octanol–water partition coefficient (Wildman–Crippen LogP) is 3.91. The van der Waals surface area contributed by atoms with E-state index in [0.29, 0.717) is 6.42 Å². The number of halogens is 4. The molecule has 0 aliphatic carbocycles. The highest BCUT2D eigenvalue weighted by molar-refractivity contribution is 6.32. The minimum absolute atomic E-state index is 0.0630. The van der Waals surface area contributed by atoms with Crippen molar-refractivity contribution in [1.29, 1.82) is 0 Å². The number of hydrogen-bond acceptors (Lipinski definition) is 2. The van der Waals surface area contributed by atoms with Crippen molar-refractivity contribution in [2.45, 2.75) is 25.4 Å². The van der Waals surface area contributed by atoms with Crippen molar-refractivity contribution in [3.05, 3.63) is 28.3 Å². The molecule has 1 N–H and O–H groups in total. The summed E-state index contributed by atoms with van der Waals surface area (Å²) in [4.78, 5) is 0. The van der Waals surface area contributed by atoms with Crippen LogP contribution in [0.15, 0.2) is 12.1 Å². The lowest BCUT2D eigenvalue weighted by Gasteiger charge is -2.24. The first-order valence-electron chi connectivity index (χ1n) is 6.56. The lowest BCUT2D eigenvalue weighted by Crippen LogP contribution is -2.29. The van der Waals surface area contributed by atoms with E-state index < -0.39 is 11.7 Å². The van der Waals surface area contributed by atoms with Crippen LogP contribution < -0.4 is 10.1 Å². The normalized spacial score (nSPS) is 17.2. The second kappa shape index (κ2) is 6.22. The Labute approximate surface area is 121 Å². The maximum atomic E-state index is 13.1. The number of rotatable bonds is 3. The van der Waals surface area contributed by atoms with Crippen molar-refractivity contribution in [2.24, 2.45) is 5.92 Å². The molecule has 2 nitrogen and oxygen atoms in total. The van der Waals surface area contributed by atoms with E-state index in [2.05, 4.69) is 5.32 Å². The molecule has 1 aromatic rings. The molecule has 0 saturated carbocycles. The summed E-state index contributed by atoms with van der Waals surface area (Å²) in [6, 6.07) is 2.39. The zero-order valence-electron chi connectivity index (χ0n) is 11.2. The van der Waals surface area contributed by atoms with Crippen LogP contribution in [0.5, 0.6) is 5.75 Å². The van der Waals surface area contributed by atoms with Crippen LogP contribution in [0.2, 0.25) is 5.02 Å². The van der Waals surface area contributed by atoms with Crippen LogP contribution in [-0.2, 0) is 12.6 Å². The SMILES string of the molecule is COc1cc(C(F)(F)F)c(CC2CCNCC2)cc1Cl. The van der Waals surface area contributed by atoms with Crippen molar-refractivity contribution in [3.8, 4) is 5.75 Å². The molecule has 112 valence electrons. The fourth-order valence-electron chi connectivity index (χ4n) is 2.58. The number of alkyl halides is 3. The molecule has 0 amide bonds. The predicted molar refractivity (Wildman–Crippen MR) is 72.3 cm³/mol. The van der Waals surface area contributed by atoms with Crippen molar-refractivity contribution in [2.75, 3.05) is 20.2 Å². The highest BCUT2D eigenvalue weighted by Gasteiger charge is 2.35. The summed E-state index contributed by atoms with van der Waals surface area (Å²) in [7, 11) is 1.31. The van der Waals surface area contributed by atoms with Gasteiger partial charge in [-0.3, -0.25) is 0 Å². The molecule has 1 aliphatic rings. The van der Waals surface area contributed by atoms with Crippen LogP contribution in [-0.4, -0.2) is 20.2 Å². The van der Waals surface area contributed by atoms with Crippen LogP contribution >= 0.6 is 11.6 Å². The molecule has 0 atom stereocenters. The van der Waals surface area contributed by atoms with Gasteiger partial charge in [-0.1, -0.05) is 11.6 Å². The number of piperidine rings is 1. The van der Waals surface area contributed by atoms with Crippen LogP contribution in [0.1, 0.15) is 24.0 Å². The van der Waals surface area contributed by atoms with Gasteiger partial charge in [0.15, 0.2) is 0 Å². The van der Waals surface area contributed by atoms with Crippen molar-refractivity contribution >= 4 is 11.6 Å². The largest absolute Gasteiger partial charge is 0.495 e. The second-order valence-corrected chi connectivity index (χ2v) is 5.45. The maximum absolute atomic E-state index is 13.1. The fraction of sp³-hybridized carbons (Fsp3) is 0.571. The van der Waals surface area contributed by atoms with Crippen molar-refractivity contribution in [1.82, 2.24) is 5.32 Å². The van der Waals surface area contributed by atoms with Gasteiger partial charge in [0, 0.05) is 0 Å². The van der Waals surface area contributed by atoms with E-state index in [1.807, 2.05) is 0 Å². The fourth-order valence-corrected chi connectivity index (χ4v) is 2.84. The van der Waals surface area contributed by atoms with E-state index in [0.717, 1.165) is 32.0 Å². The zero-order valence-corrected chi connectivity index (χ0v) is 11.9. The van der Waals surface area contributed by atoms with Gasteiger partial charge in [0.05, 0.1) is 17.7 Å². The molecule has 1 saturated heterocycles. The third kappa shape index (κ3) is 3.58. The Bertz CT molecular complexity index is 470. The molecule has 1 aliphatic heterocycles. The molecule has 0 radical (unpaired) electrons. The molecule has 1 fully saturated rings. The number of ether oxygens (including phenoxy) is 1. The highest BCUT2D eigenvalue weighted by atomic mass is 35.5. The van der Waals surface area contributed by atoms with E-state index in [-0.39, 0.29) is 22.3 Å².